The first-order valence-corrected chi connectivity index (χ1v) is 22.1. The molecule has 304 valence electrons. The van der Waals surface area contributed by atoms with Crippen molar-refractivity contribution in [1.82, 2.24) is 19.0 Å². The predicted molar refractivity (Wildman–Crippen MR) is 264 cm³/mol. The number of aliphatic imine (C=N–C) groups is 1. The van der Waals surface area contributed by atoms with Crippen molar-refractivity contribution in [3.8, 4) is 17.1 Å². The van der Waals surface area contributed by atoms with Gasteiger partial charge in [-0.3, -0.25) is 4.90 Å². The van der Waals surface area contributed by atoms with E-state index in [9.17, 15) is 0 Å². The van der Waals surface area contributed by atoms with Crippen molar-refractivity contribution >= 4 is 71.3 Å². The summed E-state index contributed by atoms with van der Waals surface area (Å²) in [4.78, 5) is 7.01. The Labute approximate surface area is 370 Å². The summed E-state index contributed by atoms with van der Waals surface area (Å²) >= 11 is 0. The molecule has 0 amide bonds. The zero-order valence-electron chi connectivity index (χ0n) is 35.2. The summed E-state index contributed by atoms with van der Waals surface area (Å²) in [7, 11) is 2.29. The molecule has 2 N–H and O–H groups in total. The van der Waals surface area contributed by atoms with Gasteiger partial charge >= 0.3 is 0 Å². The summed E-state index contributed by atoms with van der Waals surface area (Å²) in [6.45, 7) is 0. The molecule has 3 aromatic heterocycles. The Hall–Kier alpha value is -8.19. The highest BCUT2D eigenvalue weighted by molar-refractivity contribution is 6.27. The molecule has 3 unspecified atom stereocenters. The molecule has 13 rings (SSSR count). The van der Waals surface area contributed by atoms with Crippen LogP contribution in [0.1, 0.15) is 29.0 Å². The third-order valence-corrected chi connectivity index (χ3v) is 13.4. The molecule has 64 heavy (non-hydrogen) atoms. The van der Waals surface area contributed by atoms with Crippen LogP contribution in [0.2, 0.25) is 0 Å². The van der Waals surface area contributed by atoms with Gasteiger partial charge in [0.05, 0.1) is 45.7 Å². The van der Waals surface area contributed by atoms with Crippen molar-refractivity contribution in [2.24, 2.45) is 4.99 Å². The Bertz CT molecular complexity index is 3770. The van der Waals surface area contributed by atoms with Gasteiger partial charge in [0.1, 0.15) is 5.84 Å². The summed E-state index contributed by atoms with van der Waals surface area (Å²) < 4.78 is 7.43. The maximum absolute atomic E-state index is 5.76. The smallest absolute Gasteiger partial charge is 0.213 e. The largest absolute Gasteiger partial charge is 0.317 e. The lowest BCUT2D eigenvalue weighted by molar-refractivity contribution is -0.947. The van der Waals surface area contributed by atoms with Crippen LogP contribution in [0.15, 0.2) is 223 Å². The first-order valence-electron chi connectivity index (χ1n) is 22.1. The van der Waals surface area contributed by atoms with Crippen molar-refractivity contribution in [2.45, 2.75) is 12.3 Å². The molecule has 3 atom stereocenters. The van der Waals surface area contributed by atoms with Crippen LogP contribution in [0.5, 0.6) is 0 Å². The van der Waals surface area contributed by atoms with Gasteiger partial charge in [-0.15, -0.1) is 0 Å². The number of benzene rings is 9. The van der Waals surface area contributed by atoms with Crippen molar-refractivity contribution in [2.75, 3.05) is 7.05 Å². The number of hydrogen-bond acceptors (Lipinski definition) is 2. The zero-order chi connectivity index (χ0) is 42.3. The minimum absolute atomic E-state index is 0.0638. The lowest BCUT2D eigenvalue weighted by atomic mass is 9.99. The number of hydrogen-bond donors (Lipinski definition) is 2. The standard InChI is InChI=1S/C58H42N6/c1-61-57(39-22-8-3-9-23-39)59-56(38-20-6-2-7-21-38)60-58(61)48-37-47-44-29-15-18-32-50(44)63(41-26-12-5-13-27-41)54(47)53-46-30-16-19-33-51(46)64(55(48)53)42-34-35-45-43-28-14-17-31-49(43)62(52(45)36-42)40-24-10-4-11-25-40/h2-37,57-58H,1H3,(H,59,60)/p+1. The SMILES string of the molecule is C[NH+]1C(c2cc3c4ccccc4n(-c4ccccc4)c3c3c4ccccc4n(-c4ccc5c6ccccc6n(-c6ccccc6)c5c4)c23)N=C(c2ccccc2)NC1c1ccccc1. The number of amidine groups is 1. The summed E-state index contributed by atoms with van der Waals surface area (Å²) in [5, 5.41) is 11.2. The second-order valence-electron chi connectivity index (χ2n) is 17.0. The molecule has 12 aromatic rings. The topological polar surface area (TPSA) is 43.6 Å². The molecule has 1 aliphatic rings. The van der Waals surface area contributed by atoms with Crippen LogP contribution in [-0.4, -0.2) is 26.6 Å². The van der Waals surface area contributed by atoms with Gasteiger partial charge in [0, 0.05) is 60.5 Å². The van der Waals surface area contributed by atoms with E-state index in [1.165, 1.54) is 64.9 Å². The third-order valence-electron chi connectivity index (χ3n) is 13.4. The lowest BCUT2D eigenvalue weighted by Crippen LogP contribution is -3.12. The molecule has 0 saturated heterocycles. The Morgan fingerprint density at radius 1 is 0.422 bits per heavy atom. The molecule has 1 aliphatic heterocycles. The van der Waals surface area contributed by atoms with Crippen LogP contribution in [0.25, 0.3) is 82.5 Å². The average Bonchev–Trinajstić information content (AvgIpc) is 4.00. The van der Waals surface area contributed by atoms with E-state index in [1.807, 2.05) is 0 Å². The van der Waals surface area contributed by atoms with Gasteiger partial charge in [0.25, 0.3) is 0 Å². The first kappa shape index (κ1) is 36.5. The average molecular weight is 824 g/mol. The fraction of sp³-hybridized carbons (Fsp3) is 0.0517. The molecule has 6 nitrogen and oxygen atoms in total. The summed E-state index contributed by atoms with van der Waals surface area (Å²) in [6, 6.07) is 79.2. The molecule has 6 heteroatoms. The van der Waals surface area contributed by atoms with Crippen LogP contribution in [0.4, 0.5) is 0 Å². The Morgan fingerprint density at radius 3 is 1.59 bits per heavy atom. The minimum Gasteiger partial charge on any atom is -0.317 e. The van der Waals surface area contributed by atoms with Crippen LogP contribution < -0.4 is 10.2 Å². The number of nitrogens with zero attached hydrogens (tertiary/aromatic N) is 4. The van der Waals surface area contributed by atoms with Gasteiger partial charge in [0.2, 0.25) is 6.17 Å². The Kier molecular flexibility index (Phi) is 8.23. The van der Waals surface area contributed by atoms with E-state index in [1.54, 1.807) is 0 Å². The van der Waals surface area contributed by atoms with Gasteiger partial charge in [0.15, 0.2) is 6.17 Å². The number of para-hydroxylation sites is 5. The van der Waals surface area contributed by atoms with Crippen LogP contribution in [0, 0.1) is 0 Å². The molecular weight excluding hydrogens is 781 g/mol. The van der Waals surface area contributed by atoms with Crippen LogP contribution >= 0.6 is 0 Å². The molecule has 0 aliphatic carbocycles. The van der Waals surface area contributed by atoms with E-state index >= 15 is 0 Å². The fourth-order valence-electron chi connectivity index (χ4n) is 10.6. The van der Waals surface area contributed by atoms with Crippen molar-refractivity contribution in [3.63, 3.8) is 0 Å². The highest BCUT2D eigenvalue weighted by Crippen LogP contribution is 2.46. The molecule has 4 heterocycles. The molecule has 0 radical (unpaired) electrons. The summed E-state index contributed by atoms with van der Waals surface area (Å²) in [5.74, 6) is 0.890. The zero-order valence-corrected chi connectivity index (χ0v) is 35.2. The Morgan fingerprint density at radius 2 is 0.922 bits per heavy atom. The Balaban J connectivity index is 1.20. The van der Waals surface area contributed by atoms with Crippen LogP contribution in [0.3, 0.4) is 0 Å². The lowest BCUT2D eigenvalue weighted by Gasteiger charge is -2.36. The van der Waals surface area contributed by atoms with Crippen molar-refractivity contribution < 1.29 is 4.90 Å². The highest BCUT2D eigenvalue weighted by Gasteiger charge is 2.38. The third kappa shape index (κ3) is 5.46. The monoisotopic (exact) mass is 823 g/mol. The predicted octanol–water partition coefficient (Wildman–Crippen LogP) is 12.2. The van der Waals surface area contributed by atoms with E-state index in [0.29, 0.717) is 0 Å². The number of aromatic nitrogens is 3. The number of quaternary nitrogens is 1. The van der Waals surface area contributed by atoms with Gasteiger partial charge in [-0.2, -0.15) is 0 Å². The quantitative estimate of drug-likeness (QED) is 0.172. The van der Waals surface area contributed by atoms with Gasteiger partial charge in [-0.05, 0) is 60.7 Å². The number of fused-ring (bicyclic) bond motifs is 10. The molecule has 0 saturated carbocycles. The molecule has 9 aromatic carbocycles. The van der Waals surface area contributed by atoms with E-state index < -0.39 is 0 Å². The highest BCUT2D eigenvalue weighted by atomic mass is 15.4. The second-order valence-corrected chi connectivity index (χ2v) is 17.0. The van der Waals surface area contributed by atoms with E-state index in [-0.39, 0.29) is 12.3 Å². The summed E-state index contributed by atoms with van der Waals surface area (Å²) in [5.41, 5.74) is 13.8. The fourth-order valence-corrected chi connectivity index (χ4v) is 10.6. The van der Waals surface area contributed by atoms with Crippen molar-refractivity contribution in [1.29, 1.82) is 0 Å². The van der Waals surface area contributed by atoms with E-state index in [0.717, 1.165) is 45.0 Å². The number of rotatable bonds is 6. The minimum atomic E-state index is -0.282. The van der Waals surface area contributed by atoms with E-state index in [2.05, 4.69) is 244 Å². The summed E-state index contributed by atoms with van der Waals surface area (Å²) in [6.07, 6.45) is -0.346. The van der Waals surface area contributed by atoms with Gasteiger partial charge in [-0.1, -0.05) is 158 Å². The van der Waals surface area contributed by atoms with Gasteiger partial charge < -0.3 is 19.0 Å². The molecule has 0 fully saturated rings. The second kappa shape index (κ2) is 14.4. The maximum Gasteiger partial charge on any atom is 0.213 e. The molecule has 0 bridgehead atoms. The maximum atomic E-state index is 5.76. The normalized spacial score (nSPS) is 16.6. The van der Waals surface area contributed by atoms with E-state index in [4.69, 9.17) is 4.99 Å². The molecule has 0 spiro atoms. The van der Waals surface area contributed by atoms with Crippen molar-refractivity contribution in [3.05, 3.63) is 235 Å². The molecular formula is C58H43N6+. The number of nitrogens with one attached hydrogen (secondary N) is 2. The van der Waals surface area contributed by atoms with Crippen LogP contribution in [-0.2, 0) is 0 Å². The van der Waals surface area contributed by atoms with Gasteiger partial charge in [-0.25, -0.2) is 4.99 Å². The first-order chi connectivity index (χ1) is 31.7.